The van der Waals surface area contributed by atoms with Crippen molar-refractivity contribution in [3.63, 3.8) is 0 Å². The molecule has 0 amide bonds. The van der Waals surface area contributed by atoms with Crippen molar-refractivity contribution in [2.24, 2.45) is 5.92 Å². The first-order chi connectivity index (χ1) is 8.70. The number of carbonyl (C=O) groups is 1. The monoisotopic (exact) mass is 252 g/mol. The van der Waals surface area contributed by atoms with Gasteiger partial charge in [0.15, 0.2) is 0 Å². The summed E-state index contributed by atoms with van der Waals surface area (Å²) in [5, 5.41) is 9.12. The highest BCUT2D eigenvalue weighted by Crippen LogP contribution is 2.25. The molecule has 18 heavy (non-hydrogen) atoms. The molecule has 1 saturated heterocycles. The number of hydrogen-bond acceptors (Lipinski definition) is 4. The van der Waals surface area contributed by atoms with Crippen LogP contribution in [0.2, 0.25) is 0 Å². The second-order valence-electron chi connectivity index (χ2n) is 4.21. The third kappa shape index (κ3) is 2.92. The van der Waals surface area contributed by atoms with E-state index in [1.807, 2.05) is 0 Å². The third-order valence-electron chi connectivity index (χ3n) is 2.92. The van der Waals surface area contributed by atoms with Crippen molar-refractivity contribution in [3.8, 4) is 11.5 Å². The van der Waals surface area contributed by atoms with Crippen LogP contribution in [0.1, 0.15) is 16.8 Å². The van der Waals surface area contributed by atoms with E-state index >= 15 is 0 Å². The zero-order valence-electron chi connectivity index (χ0n) is 10.2. The Bertz CT molecular complexity index is 423. The standard InChI is InChI=1S/C13H16O5/c1-16-10-2-3-12(11(6-10)13(14)15)18-8-9-4-5-17-7-9/h2-3,6,9H,4-5,7-8H2,1H3,(H,14,15). The molecule has 1 aliphatic rings. The normalized spacial score (nSPS) is 18.6. The van der Waals surface area contributed by atoms with E-state index < -0.39 is 5.97 Å². The molecule has 1 unspecified atom stereocenters. The molecule has 5 nitrogen and oxygen atoms in total. The summed E-state index contributed by atoms with van der Waals surface area (Å²) >= 11 is 0. The van der Waals surface area contributed by atoms with Gasteiger partial charge < -0.3 is 19.3 Å². The highest BCUT2D eigenvalue weighted by atomic mass is 16.5. The van der Waals surface area contributed by atoms with Gasteiger partial charge in [0.2, 0.25) is 0 Å². The molecule has 1 fully saturated rings. The lowest BCUT2D eigenvalue weighted by Gasteiger charge is -2.13. The van der Waals surface area contributed by atoms with Crippen molar-refractivity contribution in [2.45, 2.75) is 6.42 Å². The van der Waals surface area contributed by atoms with E-state index in [2.05, 4.69) is 0 Å². The van der Waals surface area contributed by atoms with Crippen molar-refractivity contribution in [1.29, 1.82) is 0 Å². The number of carboxylic acids is 1. The predicted octanol–water partition coefficient (Wildman–Crippen LogP) is 1.81. The van der Waals surface area contributed by atoms with Crippen LogP contribution >= 0.6 is 0 Å². The minimum Gasteiger partial charge on any atom is -0.497 e. The number of hydrogen-bond donors (Lipinski definition) is 1. The maximum atomic E-state index is 11.1. The number of rotatable bonds is 5. The van der Waals surface area contributed by atoms with E-state index in [0.717, 1.165) is 13.0 Å². The number of methoxy groups -OCH3 is 1. The first-order valence-corrected chi connectivity index (χ1v) is 5.82. The van der Waals surface area contributed by atoms with E-state index in [1.54, 1.807) is 12.1 Å². The minimum atomic E-state index is -1.02. The molecule has 1 atom stereocenters. The van der Waals surface area contributed by atoms with Crippen LogP contribution in [0.4, 0.5) is 0 Å². The fourth-order valence-corrected chi connectivity index (χ4v) is 1.85. The lowest BCUT2D eigenvalue weighted by atomic mass is 10.1. The topological polar surface area (TPSA) is 65.0 Å². The van der Waals surface area contributed by atoms with Crippen LogP contribution in [0.25, 0.3) is 0 Å². The van der Waals surface area contributed by atoms with Gasteiger partial charge in [0.05, 0.1) is 20.3 Å². The molecule has 1 aliphatic heterocycles. The fraction of sp³-hybridized carbons (Fsp3) is 0.462. The highest BCUT2D eigenvalue weighted by Gasteiger charge is 2.18. The lowest BCUT2D eigenvalue weighted by molar-refractivity contribution is 0.0690. The van der Waals surface area contributed by atoms with E-state index in [0.29, 0.717) is 30.6 Å². The molecule has 98 valence electrons. The van der Waals surface area contributed by atoms with Crippen molar-refractivity contribution < 1.29 is 24.1 Å². The largest absolute Gasteiger partial charge is 0.497 e. The zero-order chi connectivity index (χ0) is 13.0. The second kappa shape index (κ2) is 5.73. The number of carboxylic acid groups (broad SMARTS) is 1. The second-order valence-corrected chi connectivity index (χ2v) is 4.21. The summed E-state index contributed by atoms with van der Waals surface area (Å²) in [6.45, 7) is 1.91. The molecule has 1 aromatic rings. The van der Waals surface area contributed by atoms with Crippen molar-refractivity contribution in [3.05, 3.63) is 23.8 Å². The Balaban J connectivity index is 2.08. The van der Waals surface area contributed by atoms with Gasteiger partial charge in [-0.05, 0) is 24.6 Å². The molecule has 0 bridgehead atoms. The Hall–Kier alpha value is -1.75. The van der Waals surface area contributed by atoms with Crippen LogP contribution in [0.5, 0.6) is 11.5 Å². The van der Waals surface area contributed by atoms with Gasteiger partial charge >= 0.3 is 5.97 Å². The Kier molecular flexibility index (Phi) is 4.04. The van der Waals surface area contributed by atoms with Gasteiger partial charge in [0.25, 0.3) is 0 Å². The Morgan fingerprint density at radius 1 is 1.56 bits per heavy atom. The Labute approximate surface area is 105 Å². The molecule has 2 rings (SSSR count). The van der Waals surface area contributed by atoms with Crippen LogP contribution in [-0.2, 0) is 4.74 Å². The van der Waals surface area contributed by atoms with Gasteiger partial charge in [-0.1, -0.05) is 0 Å². The van der Waals surface area contributed by atoms with Gasteiger partial charge in [0.1, 0.15) is 17.1 Å². The molecule has 1 N–H and O–H groups in total. The number of aromatic carboxylic acids is 1. The third-order valence-corrected chi connectivity index (χ3v) is 2.92. The van der Waals surface area contributed by atoms with Gasteiger partial charge in [-0.15, -0.1) is 0 Å². The zero-order valence-corrected chi connectivity index (χ0v) is 10.2. The van der Waals surface area contributed by atoms with Gasteiger partial charge in [-0.25, -0.2) is 4.79 Å². The quantitative estimate of drug-likeness (QED) is 0.865. The molecule has 1 heterocycles. The molecule has 0 radical (unpaired) electrons. The van der Waals surface area contributed by atoms with Crippen LogP contribution in [-0.4, -0.2) is 38.0 Å². The van der Waals surface area contributed by atoms with E-state index in [-0.39, 0.29) is 5.56 Å². The number of ether oxygens (including phenoxy) is 3. The van der Waals surface area contributed by atoms with Crippen molar-refractivity contribution >= 4 is 5.97 Å². The lowest BCUT2D eigenvalue weighted by Crippen LogP contribution is -2.13. The molecular formula is C13H16O5. The highest BCUT2D eigenvalue weighted by molar-refractivity contribution is 5.91. The Morgan fingerprint density at radius 3 is 3.00 bits per heavy atom. The van der Waals surface area contributed by atoms with E-state index in [1.165, 1.54) is 13.2 Å². The van der Waals surface area contributed by atoms with Crippen molar-refractivity contribution in [1.82, 2.24) is 0 Å². The molecule has 0 spiro atoms. The van der Waals surface area contributed by atoms with Gasteiger partial charge in [-0.2, -0.15) is 0 Å². The SMILES string of the molecule is COc1ccc(OCC2CCOC2)c(C(=O)O)c1. The summed E-state index contributed by atoms with van der Waals surface area (Å²) < 4.78 is 15.8. The maximum absolute atomic E-state index is 11.1. The molecular weight excluding hydrogens is 236 g/mol. The van der Waals surface area contributed by atoms with Gasteiger partial charge in [-0.3, -0.25) is 0 Å². The minimum absolute atomic E-state index is 0.119. The molecule has 0 saturated carbocycles. The molecule has 0 aromatic heterocycles. The summed E-state index contributed by atoms with van der Waals surface area (Å²) in [7, 11) is 1.50. The molecule has 5 heteroatoms. The van der Waals surface area contributed by atoms with Crippen molar-refractivity contribution in [2.75, 3.05) is 26.9 Å². The first kappa shape index (κ1) is 12.7. The molecule has 1 aromatic carbocycles. The average Bonchev–Trinajstić information content (AvgIpc) is 2.89. The smallest absolute Gasteiger partial charge is 0.339 e. The van der Waals surface area contributed by atoms with E-state index in [9.17, 15) is 4.79 Å². The summed E-state index contributed by atoms with van der Waals surface area (Å²) in [5.74, 6) is 0.194. The first-order valence-electron chi connectivity index (χ1n) is 5.82. The summed E-state index contributed by atoms with van der Waals surface area (Å²) in [6, 6.07) is 4.77. The fourth-order valence-electron chi connectivity index (χ4n) is 1.85. The maximum Gasteiger partial charge on any atom is 0.339 e. The van der Waals surface area contributed by atoms with Crippen LogP contribution in [0, 0.1) is 5.92 Å². The summed E-state index contributed by atoms with van der Waals surface area (Å²) in [5.41, 5.74) is 0.119. The number of benzene rings is 1. The van der Waals surface area contributed by atoms with Crippen LogP contribution in [0.3, 0.4) is 0 Å². The van der Waals surface area contributed by atoms with Crippen LogP contribution in [0.15, 0.2) is 18.2 Å². The predicted molar refractivity (Wildman–Crippen MR) is 64.4 cm³/mol. The van der Waals surface area contributed by atoms with Gasteiger partial charge in [0, 0.05) is 12.5 Å². The summed E-state index contributed by atoms with van der Waals surface area (Å²) in [6.07, 6.45) is 0.957. The average molecular weight is 252 g/mol. The Morgan fingerprint density at radius 2 is 2.39 bits per heavy atom. The molecule has 0 aliphatic carbocycles. The summed E-state index contributed by atoms with van der Waals surface area (Å²) in [4.78, 5) is 11.1. The van der Waals surface area contributed by atoms with E-state index in [4.69, 9.17) is 19.3 Å². The van der Waals surface area contributed by atoms with Crippen LogP contribution < -0.4 is 9.47 Å².